The van der Waals surface area contributed by atoms with E-state index in [1.807, 2.05) is 75.4 Å². The van der Waals surface area contributed by atoms with E-state index in [2.05, 4.69) is 5.32 Å². The molecule has 2 aromatic rings. The van der Waals surface area contributed by atoms with Gasteiger partial charge in [0, 0.05) is 13.1 Å². The third-order valence-electron chi connectivity index (χ3n) is 4.69. The van der Waals surface area contributed by atoms with Gasteiger partial charge in [-0.25, -0.2) is 0 Å². The van der Waals surface area contributed by atoms with Gasteiger partial charge < -0.3 is 15.0 Å². The van der Waals surface area contributed by atoms with Gasteiger partial charge in [0.05, 0.1) is 0 Å². The summed E-state index contributed by atoms with van der Waals surface area (Å²) in [6.07, 6.45) is 0.679. The van der Waals surface area contributed by atoms with E-state index in [1.54, 1.807) is 11.8 Å². The maximum absolute atomic E-state index is 12.9. The number of aryl methyl sites for hydroxylation is 1. The van der Waals surface area contributed by atoms with Gasteiger partial charge in [-0.05, 0) is 49.4 Å². The Morgan fingerprint density at radius 1 is 1.03 bits per heavy atom. The Kier molecular flexibility index (Phi) is 8.71. The molecule has 0 heterocycles. The van der Waals surface area contributed by atoms with E-state index in [0.717, 1.165) is 11.1 Å². The Morgan fingerprint density at radius 3 is 2.41 bits per heavy atom. The van der Waals surface area contributed by atoms with E-state index < -0.39 is 6.04 Å². The molecule has 0 saturated carbocycles. The maximum atomic E-state index is 12.9. The molecule has 0 aromatic heterocycles. The average molecular weight is 397 g/mol. The third kappa shape index (κ3) is 7.60. The van der Waals surface area contributed by atoms with Crippen LogP contribution in [-0.4, -0.2) is 42.5 Å². The Balaban J connectivity index is 2.05. The van der Waals surface area contributed by atoms with Crippen LogP contribution in [0.3, 0.4) is 0 Å². The SMILES string of the molecule is Cc1cccc(OCC(=O)N(CCc2ccccc2)[C@@H](C)C(=O)NCC(C)C)c1. The van der Waals surface area contributed by atoms with Crippen molar-refractivity contribution in [3.8, 4) is 5.75 Å². The predicted octanol–water partition coefficient (Wildman–Crippen LogP) is 3.61. The van der Waals surface area contributed by atoms with Crippen LogP contribution in [-0.2, 0) is 16.0 Å². The van der Waals surface area contributed by atoms with Gasteiger partial charge in [0.15, 0.2) is 6.61 Å². The second-order valence-electron chi connectivity index (χ2n) is 7.74. The number of nitrogens with zero attached hydrogens (tertiary/aromatic N) is 1. The van der Waals surface area contributed by atoms with Crippen LogP contribution in [0.2, 0.25) is 0 Å². The summed E-state index contributed by atoms with van der Waals surface area (Å²) in [4.78, 5) is 27.1. The minimum Gasteiger partial charge on any atom is -0.484 e. The van der Waals surface area contributed by atoms with Gasteiger partial charge in [-0.2, -0.15) is 0 Å². The van der Waals surface area contributed by atoms with Crippen LogP contribution in [0.25, 0.3) is 0 Å². The zero-order chi connectivity index (χ0) is 21.2. The van der Waals surface area contributed by atoms with Gasteiger partial charge in [-0.15, -0.1) is 0 Å². The molecule has 0 unspecified atom stereocenters. The van der Waals surface area contributed by atoms with Crippen LogP contribution < -0.4 is 10.1 Å². The lowest BCUT2D eigenvalue weighted by molar-refractivity contribution is -0.141. The second kappa shape index (κ2) is 11.2. The van der Waals surface area contributed by atoms with E-state index in [9.17, 15) is 9.59 Å². The Labute approximate surface area is 174 Å². The van der Waals surface area contributed by atoms with E-state index in [0.29, 0.717) is 31.2 Å². The van der Waals surface area contributed by atoms with Gasteiger partial charge >= 0.3 is 0 Å². The van der Waals surface area contributed by atoms with E-state index in [4.69, 9.17) is 4.74 Å². The van der Waals surface area contributed by atoms with Gasteiger partial charge in [0.1, 0.15) is 11.8 Å². The summed E-state index contributed by atoms with van der Waals surface area (Å²) in [7, 11) is 0. The number of carbonyl (C=O) groups is 2. The molecule has 29 heavy (non-hydrogen) atoms. The molecule has 2 rings (SSSR count). The van der Waals surface area contributed by atoms with Crippen molar-refractivity contribution in [1.29, 1.82) is 0 Å². The zero-order valence-corrected chi connectivity index (χ0v) is 17.9. The summed E-state index contributed by atoms with van der Waals surface area (Å²) in [6.45, 7) is 8.77. The van der Waals surface area contributed by atoms with Gasteiger partial charge in [-0.3, -0.25) is 9.59 Å². The monoisotopic (exact) mass is 396 g/mol. The molecular weight excluding hydrogens is 364 g/mol. The van der Waals surface area contributed by atoms with E-state index in [1.165, 1.54) is 0 Å². The Morgan fingerprint density at radius 2 is 1.76 bits per heavy atom. The molecule has 1 N–H and O–H groups in total. The quantitative estimate of drug-likeness (QED) is 0.667. The van der Waals surface area contributed by atoms with Crippen LogP contribution >= 0.6 is 0 Å². The molecule has 2 aromatic carbocycles. The molecule has 0 aliphatic rings. The molecule has 0 aliphatic heterocycles. The second-order valence-corrected chi connectivity index (χ2v) is 7.74. The van der Waals surface area contributed by atoms with Crippen molar-refractivity contribution in [3.05, 3.63) is 65.7 Å². The first-order chi connectivity index (χ1) is 13.9. The van der Waals surface area contributed by atoms with Crippen LogP contribution in [0.4, 0.5) is 0 Å². The largest absolute Gasteiger partial charge is 0.484 e. The van der Waals surface area contributed by atoms with Gasteiger partial charge in [0.2, 0.25) is 5.91 Å². The number of rotatable bonds is 10. The van der Waals surface area contributed by atoms with Crippen LogP contribution in [0.5, 0.6) is 5.75 Å². The lowest BCUT2D eigenvalue weighted by atomic mass is 10.1. The van der Waals surface area contributed by atoms with Crippen molar-refractivity contribution in [2.75, 3.05) is 19.7 Å². The highest BCUT2D eigenvalue weighted by Crippen LogP contribution is 2.13. The highest BCUT2D eigenvalue weighted by atomic mass is 16.5. The normalized spacial score (nSPS) is 11.8. The molecule has 0 aliphatic carbocycles. The molecular formula is C24H32N2O3. The van der Waals surface area contributed by atoms with Crippen LogP contribution in [0, 0.1) is 12.8 Å². The Hall–Kier alpha value is -2.82. The number of amides is 2. The number of benzene rings is 2. The summed E-state index contributed by atoms with van der Waals surface area (Å²) in [6, 6.07) is 17.0. The molecule has 0 radical (unpaired) electrons. The number of hydrogen-bond acceptors (Lipinski definition) is 3. The summed E-state index contributed by atoms with van der Waals surface area (Å²) in [5, 5.41) is 2.92. The van der Waals surface area contributed by atoms with E-state index in [-0.39, 0.29) is 18.4 Å². The minimum absolute atomic E-state index is 0.0972. The fraction of sp³-hybridized carbons (Fsp3) is 0.417. The fourth-order valence-corrected chi connectivity index (χ4v) is 2.96. The van der Waals surface area contributed by atoms with Crippen molar-refractivity contribution in [2.24, 2.45) is 5.92 Å². The first-order valence-electron chi connectivity index (χ1n) is 10.2. The summed E-state index contributed by atoms with van der Waals surface area (Å²) < 4.78 is 5.69. The maximum Gasteiger partial charge on any atom is 0.261 e. The molecule has 0 bridgehead atoms. The van der Waals surface area contributed by atoms with Crippen molar-refractivity contribution >= 4 is 11.8 Å². The van der Waals surface area contributed by atoms with Crippen molar-refractivity contribution < 1.29 is 14.3 Å². The van der Waals surface area contributed by atoms with Gasteiger partial charge in [0.25, 0.3) is 5.91 Å². The number of hydrogen-bond donors (Lipinski definition) is 1. The molecule has 2 amide bonds. The third-order valence-corrected chi connectivity index (χ3v) is 4.69. The number of nitrogens with one attached hydrogen (secondary N) is 1. The van der Waals surface area contributed by atoms with Gasteiger partial charge in [-0.1, -0.05) is 56.3 Å². The summed E-state index contributed by atoms with van der Waals surface area (Å²) in [5.41, 5.74) is 2.19. The standard InChI is InChI=1S/C24H32N2O3/c1-18(2)16-25-24(28)20(4)26(14-13-21-10-6-5-7-11-21)23(27)17-29-22-12-8-9-19(3)15-22/h5-12,15,18,20H,13-14,16-17H2,1-4H3,(H,25,28)/t20-/m0/s1. The number of ether oxygens (including phenoxy) is 1. The highest BCUT2D eigenvalue weighted by Gasteiger charge is 2.26. The topological polar surface area (TPSA) is 58.6 Å². The zero-order valence-electron chi connectivity index (χ0n) is 17.9. The smallest absolute Gasteiger partial charge is 0.261 e. The molecule has 5 heteroatoms. The molecule has 0 fully saturated rings. The molecule has 156 valence electrons. The van der Waals surface area contributed by atoms with Crippen molar-refractivity contribution in [1.82, 2.24) is 10.2 Å². The lowest BCUT2D eigenvalue weighted by Gasteiger charge is -2.29. The minimum atomic E-state index is -0.564. The number of carbonyl (C=O) groups excluding carboxylic acids is 2. The average Bonchev–Trinajstić information content (AvgIpc) is 2.71. The lowest BCUT2D eigenvalue weighted by Crippen LogP contribution is -2.50. The van der Waals surface area contributed by atoms with E-state index >= 15 is 0 Å². The van der Waals surface area contributed by atoms with Crippen molar-refractivity contribution in [3.63, 3.8) is 0 Å². The van der Waals surface area contributed by atoms with Crippen molar-refractivity contribution in [2.45, 2.75) is 40.2 Å². The fourth-order valence-electron chi connectivity index (χ4n) is 2.96. The summed E-state index contributed by atoms with van der Waals surface area (Å²) in [5.74, 6) is 0.660. The molecule has 0 saturated heterocycles. The molecule has 5 nitrogen and oxygen atoms in total. The summed E-state index contributed by atoms with van der Waals surface area (Å²) >= 11 is 0. The highest BCUT2D eigenvalue weighted by molar-refractivity contribution is 5.88. The Bertz CT molecular complexity index is 790. The molecule has 1 atom stereocenters. The molecule has 0 spiro atoms. The first kappa shape index (κ1) is 22.5. The first-order valence-corrected chi connectivity index (χ1v) is 10.2. The predicted molar refractivity (Wildman–Crippen MR) is 116 cm³/mol. The van der Waals surface area contributed by atoms with Crippen LogP contribution in [0.15, 0.2) is 54.6 Å². The van der Waals surface area contributed by atoms with Crippen LogP contribution in [0.1, 0.15) is 31.9 Å².